The summed E-state index contributed by atoms with van der Waals surface area (Å²) < 4.78 is 10.4. The van der Waals surface area contributed by atoms with E-state index in [0.29, 0.717) is 18.0 Å². The van der Waals surface area contributed by atoms with E-state index >= 15 is 0 Å². The summed E-state index contributed by atoms with van der Waals surface area (Å²) in [5, 5.41) is 13.0. The lowest BCUT2D eigenvalue weighted by atomic mass is 10.1. The number of benzene rings is 2. The average molecular weight is 369 g/mol. The van der Waals surface area contributed by atoms with Gasteiger partial charge in [-0.25, -0.2) is 0 Å². The number of ether oxygens (including phenoxy) is 2. The maximum atomic E-state index is 12.3. The monoisotopic (exact) mass is 369 g/mol. The van der Waals surface area contributed by atoms with Crippen molar-refractivity contribution in [2.75, 3.05) is 18.3 Å². The Kier molecular flexibility index (Phi) is 5.25. The molecule has 1 N–H and O–H groups in total. The number of nitrogens with zero attached hydrogens (tertiary/aromatic N) is 2. The lowest BCUT2D eigenvalue weighted by Crippen LogP contribution is -2.41. The van der Waals surface area contributed by atoms with Crippen LogP contribution >= 0.6 is 0 Å². The van der Waals surface area contributed by atoms with Gasteiger partial charge < -0.3 is 9.47 Å². The van der Waals surface area contributed by atoms with Crippen molar-refractivity contribution in [3.8, 4) is 11.5 Å². The Morgan fingerprint density at radius 2 is 1.93 bits per heavy atom. The Morgan fingerprint density at radius 1 is 1.26 bits per heavy atom. The van der Waals surface area contributed by atoms with Gasteiger partial charge in [-0.05, 0) is 38.1 Å². The van der Waals surface area contributed by atoms with Crippen LogP contribution in [0.4, 0.5) is 11.4 Å². The molecule has 1 heterocycles. The highest BCUT2D eigenvalue weighted by Gasteiger charge is 2.22. The third kappa shape index (κ3) is 4.17. The maximum absolute atomic E-state index is 12.3. The van der Waals surface area contributed by atoms with Gasteiger partial charge >= 0.3 is 0 Å². The first-order valence-corrected chi connectivity index (χ1v) is 8.39. The molecule has 2 aromatic rings. The molecular formula is C19H19N3O5. The molecule has 0 atom stereocenters. The third-order valence-corrected chi connectivity index (χ3v) is 4.04. The average Bonchev–Trinajstić information content (AvgIpc) is 3.11. The number of rotatable bonds is 6. The number of carbonyl (C=O) groups excluding carboxylic acids is 1. The molecule has 0 radical (unpaired) electrons. The van der Waals surface area contributed by atoms with Gasteiger partial charge in [-0.2, -0.15) is 0 Å². The van der Waals surface area contributed by atoms with E-state index in [1.807, 2.05) is 38.1 Å². The summed E-state index contributed by atoms with van der Waals surface area (Å²) in [6.07, 6.45) is 2.64. The summed E-state index contributed by atoms with van der Waals surface area (Å²) in [4.78, 5) is 23.0. The smallest absolute Gasteiger partial charge is 0.280 e. The van der Waals surface area contributed by atoms with Crippen LogP contribution in [0.5, 0.6) is 11.5 Å². The Hall–Kier alpha value is -3.55. The zero-order valence-electron chi connectivity index (χ0n) is 15.0. The number of nitrogens with one attached hydrogen (secondary N) is 1. The van der Waals surface area contributed by atoms with E-state index in [4.69, 9.17) is 9.47 Å². The standard InChI is InChI=1S/C19H19N3O5/c1-3-21(15-7-4-13(2)5-8-15)20-19(23)9-6-14-10-17-18(27-12-26-17)11-16(14)22(24)25/h4-11H,3,12H2,1-2H3,(H,20,23)/b9-6+. The summed E-state index contributed by atoms with van der Waals surface area (Å²) >= 11 is 0. The summed E-state index contributed by atoms with van der Waals surface area (Å²) in [5.41, 5.74) is 4.83. The zero-order valence-corrected chi connectivity index (χ0v) is 15.0. The maximum Gasteiger partial charge on any atom is 0.280 e. The second kappa shape index (κ2) is 7.77. The van der Waals surface area contributed by atoms with Crippen molar-refractivity contribution in [2.45, 2.75) is 13.8 Å². The molecular weight excluding hydrogens is 350 g/mol. The largest absolute Gasteiger partial charge is 0.454 e. The van der Waals surface area contributed by atoms with Crippen LogP contribution in [-0.2, 0) is 4.79 Å². The Balaban J connectivity index is 1.76. The number of amides is 1. The molecule has 8 heteroatoms. The minimum Gasteiger partial charge on any atom is -0.454 e. The van der Waals surface area contributed by atoms with Crippen LogP contribution in [0, 0.1) is 17.0 Å². The summed E-state index contributed by atoms with van der Waals surface area (Å²) in [6.45, 7) is 4.47. The molecule has 0 fully saturated rings. The minimum absolute atomic E-state index is 0.0160. The Morgan fingerprint density at radius 3 is 2.56 bits per heavy atom. The molecule has 1 aliphatic heterocycles. The molecule has 0 bridgehead atoms. The van der Waals surface area contributed by atoms with Crippen molar-refractivity contribution in [3.63, 3.8) is 0 Å². The van der Waals surface area contributed by atoms with E-state index in [0.717, 1.165) is 11.3 Å². The molecule has 8 nitrogen and oxygen atoms in total. The quantitative estimate of drug-likeness (QED) is 0.477. The van der Waals surface area contributed by atoms with Crippen LogP contribution < -0.4 is 19.9 Å². The van der Waals surface area contributed by atoms with E-state index in [1.165, 1.54) is 24.3 Å². The van der Waals surface area contributed by atoms with Gasteiger partial charge in [0.2, 0.25) is 6.79 Å². The summed E-state index contributed by atoms with van der Waals surface area (Å²) in [5.74, 6) is 0.333. The van der Waals surface area contributed by atoms with Crippen molar-refractivity contribution in [2.24, 2.45) is 0 Å². The molecule has 0 unspecified atom stereocenters. The highest BCUT2D eigenvalue weighted by Crippen LogP contribution is 2.38. The van der Waals surface area contributed by atoms with Gasteiger partial charge in [0.15, 0.2) is 11.5 Å². The van der Waals surface area contributed by atoms with E-state index in [-0.39, 0.29) is 18.0 Å². The molecule has 0 aromatic heterocycles. The molecule has 0 spiro atoms. The number of aryl methyl sites for hydroxylation is 1. The Bertz CT molecular complexity index is 893. The summed E-state index contributed by atoms with van der Waals surface area (Å²) in [7, 11) is 0. The lowest BCUT2D eigenvalue weighted by Gasteiger charge is -2.23. The number of nitro groups is 1. The van der Waals surface area contributed by atoms with Crippen LogP contribution in [0.3, 0.4) is 0 Å². The first kappa shape index (κ1) is 18.2. The second-order valence-corrected chi connectivity index (χ2v) is 5.91. The van der Waals surface area contributed by atoms with Gasteiger partial charge in [0, 0.05) is 12.6 Å². The molecule has 140 valence electrons. The van der Waals surface area contributed by atoms with Crippen molar-refractivity contribution >= 4 is 23.4 Å². The van der Waals surface area contributed by atoms with Crippen molar-refractivity contribution in [1.82, 2.24) is 5.43 Å². The zero-order chi connectivity index (χ0) is 19.4. The highest BCUT2D eigenvalue weighted by atomic mass is 16.7. The topological polar surface area (TPSA) is 93.9 Å². The number of nitro benzene ring substituents is 1. The van der Waals surface area contributed by atoms with Gasteiger partial charge in [-0.1, -0.05) is 17.7 Å². The van der Waals surface area contributed by atoms with Crippen LogP contribution in [-0.4, -0.2) is 24.2 Å². The van der Waals surface area contributed by atoms with Gasteiger partial charge in [0.25, 0.3) is 11.6 Å². The molecule has 0 aliphatic carbocycles. The molecule has 0 saturated carbocycles. The van der Waals surface area contributed by atoms with E-state index in [9.17, 15) is 14.9 Å². The van der Waals surface area contributed by atoms with E-state index in [2.05, 4.69) is 5.43 Å². The van der Waals surface area contributed by atoms with E-state index < -0.39 is 10.8 Å². The van der Waals surface area contributed by atoms with Crippen molar-refractivity contribution < 1.29 is 19.2 Å². The predicted molar refractivity (Wildman–Crippen MR) is 101 cm³/mol. The first-order valence-electron chi connectivity index (χ1n) is 8.39. The van der Waals surface area contributed by atoms with Crippen molar-refractivity contribution in [1.29, 1.82) is 0 Å². The fraction of sp³-hybridized carbons (Fsp3) is 0.211. The summed E-state index contributed by atoms with van der Waals surface area (Å²) in [6, 6.07) is 10.5. The number of anilines is 1. The molecule has 27 heavy (non-hydrogen) atoms. The molecule has 1 amide bonds. The Labute approximate surface area is 156 Å². The second-order valence-electron chi connectivity index (χ2n) is 5.91. The number of hydrazine groups is 1. The van der Waals surface area contributed by atoms with Crippen LogP contribution in [0.25, 0.3) is 6.08 Å². The molecule has 3 rings (SSSR count). The SMILES string of the molecule is CCN(NC(=O)/C=C/c1cc2c(cc1[N+](=O)[O-])OCO2)c1ccc(C)cc1. The van der Waals surface area contributed by atoms with E-state index in [1.54, 1.807) is 5.01 Å². The van der Waals surface area contributed by atoms with Crippen molar-refractivity contribution in [3.05, 3.63) is 63.7 Å². The molecule has 2 aromatic carbocycles. The lowest BCUT2D eigenvalue weighted by molar-refractivity contribution is -0.385. The normalized spacial score (nSPS) is 12.2. The van der Waals surface area contributed by atoms with Crippen LogP contribution in [0.15, 0.2) is 42.5 Å². The fourth-order valence-corrected chi connectivity index (χ4v) is 2.63. The van der Waals surface area contributed by atoms with Gasteiger partial charge in [0.1, 0.15) is 0 Å². The number of carbonyl (C=O) groups is 1. The number of hydrogen-bond donors (Lipinski definition) is 1. The number of fused-ring (bicyclic) bond motifs is 1. The fourth-order valence-electron chi connectivity index (χ4n) is 2.63. The molecule has 0 saturated heterocycles. The van der Waals surface area contributed by atoms with Gasteiger partial charge in [-0.15, -0.1) is 0 Å². The highest BCUT2D eigenvalue weighted by molar-refractivity contribution is 5.93. The van der Waals surface area contributed by atoms with Crippen LogP contribution in [0.1, 0.15) is 18.1 Å². The molecule has 1 aliphatic rings. The number of hydrogen-bond acceptors (Lipinski definition) is 6. The first-order chi connectivity index (χ1) is 13.0. The predicted octanol–water partition coefficient (Wildman–Crippen LogP) is 3.20. The van der Waals surface area contributed by atoms with Gasteiger partial charge in [0.05, 0.1) is 22.2 Å². The van der Waals surface area contributed by atoms with Gasteiger partial charge in [-0.3, -0.25) is 25.3 Å². The third-order valence-electron chi connectivity index (χ3n) is 4.04. The van der Waals surface area contributed by atoms with Crippen LogP contribution in [0.2, 0.25) is 0 Å². The minimum atomic E-state index is -0.524.